The summed E-state index contributed by atoms with van der Waals surface area (Å²) in [7, 11) is 0. The fourth-order valence-electron chi connectivity index (χ4n) is 5.67. The van der Waals surface area contributed by atoms with Crippen LogP contribution in [0.1, 0.15) is 42.0 Å². The van der Waals surface area contributed by atoms with Crippen molar-refractivity contribution in [2.24, 2.45) is 5.92 Å². The quantitative estimate of drug-likeness (QED) is 0.175. The van der Waals surface area contributed by atoms with Crippen molar-refractivity contribution in [2.75, 3.05) is 0 Å². The molecule has 0 radical (unpaired) electrons. The summed E-state index contributed by atoms with van der Waals surface area (Å²) in [6.07, 6.45) is 1.65. The van der Waals surface area contributed by atoms with E-state index in [0.29, 0.717) is 19.6 Å². The highest BCUT2D eigenvalue weighted by Gasteiger charge is 2.42. The van der Waals surface area contributed by atoms with E-state index in [-0.39, 0.29) is 23.9 Å². The topological polar surface area (TPSA) is 44.8 Å². The van der Waals surface area contributed by atoms with E-state index in [2.05, 4.69) is 60.7 Å². The summed E-state index contributed by atoms with van der Waals surface area (Å²) < 4.78 is 19.4. The summed E-state index contributed by atoms with van der Waals surface area (Å²) >= 11 is 0. The van der Waals surface area contributed by atoms with Crippen molar-refractivity contribution in [2.45, 2.75) is 70.2 Å². The Bertz CT molecular complexity index is 1260. The Kier molecular flexibility index (Phi) is 10.5. The van der Waals surface area contributed by atoms with Gasteiger partial charge in [0.15, 0.2) is 5.78 Å². The van der Waals surface area contributed by atoms with Gasteiger partial charge in [0.2, 0.25) is 0 Å². The standard InChI is InChI=1S/C37H40O4/c1-28(39-26-31-18-10-4-11-19-31)37(38)36-25-35(40-27-32-20-12-5-13-21-32)33(24-30-16-8-3-9-17-30)34(41-36)23-22-29-14-6-2-7-15-29/h2-21,28,33-36H,22-27H2,1H3. The van der Waals surface area contributed by atoms with Crippen LogP contribution in [-0.4, -0.2) is 30.2 Å². The Morgan fingerprint density at radius 2 is 1.24 bits per heavy atom. The molecule has 0 N–H and O–H groups in total. The summed E-state index contributed by atoms with van der Waals surface area (Å²) in [4.78, 5) is 13.7. The minimum absolute atomic E-state index is 0.0166. The predicted molar refractivity (Wildman–Crippen MR) is 162 cm³/mol. The van der Waals surface area contributed by atoms with Gasteiger partial charge in [-0.15, -0.1) is 0 Å². The Morgan fingerprint density at radius 3 is 1.83 bits per heavy atom. The molecule has 212 valence electrons. The largest absolute Gasteiger partial charge is 0.373 e. The predicted octanol–water partition coefficient (Wildman–Crippen LogP) is 7.40. The Hall–Kier alpha value is -3.57. The first kappa shape index (κ1) is 28.9. The number of ether oxygens (including phenoxy) is 3. The van der Waals surface area contributed by atoms with E-state index in [1.807, 2.05) is 67.6 Å². The van der Waals surface area contributed by atoms with E-state index in [1.54, 1.807) is 0 Å². The molecule has 5 unspecified atom stereocenters. The second-order valence-electron chi connectivity index (χ2n) is 11.0. The number of hydrogen-bond donors (Lipinski definition) is 0. The van der Waals surface area contributed by atoms with Crippen LogP contribution in [0.4, 0.5) is 0 Å². The van der Waals surface area contributed by atoms with Crippen LogP contribution in [-0.2, 0) is 45.1 Å². The Balaban J connectivity index is 1.35. The lowest BCUT2D eigenvalue weighted by atomic mass is 9.80. The molecule has 1 aliphatic heterocycles. The molecule has 4 aromatic carbocycles. The lowest BCUT2D eigenvalue weighted by Crippen LogP contribution is -2.50. The highest BCUT2D eigenvalue weighted by atomic mass is 16.5. The van der Waals surface area contributed by atoms with Crippen molar-refractivity contribution in [3.8, 4) is 0 Å². The SMILES string of the molecule is CC(OCc1ccccc1)C(=O)C1CC(OCc2ccccc2)C(Cc2ccccc2)C(CCc2ccccc2)O1. The number of rotatable bonds is 13. The fraction of sp³-hybridized carbons (Fsp3) is 0.324. The third-order valence-electron chi connectivity index (χ3n) is 7.98. The second kappa shape index (κ2) is 14.9. The van der Waals surface area contributed by atoms with Gasteiger partial charge in [0, 0.05) is 12.3 Å². The van der Waals surface area contributed by atoms with Gasteiger partial charge in [0.25, 0.3) is 0 Å². The lowest BCUT2D eigenvalue weighted by Gasteiger charge is -2.42. The number of Topliss-reactive ketones (excluding diaryl/α,β-unsaturated/α-hetero) is 1. The van der Waals surface area contributed by atoms with Crippen molar-refractivity contribution in [1.29, 1.82) is 0 Å². The maximum Gasteiger partial charge on any atom is 0.189 e. The van der Waals surface area contributed by atoms with Crippen molar-refractivity contribution in [3.63, 3.8) is 0 Å². The second-order valence-corrected chi connectivity index (χ2v) is 11.0. The van der Waals surface area contributed by atoms with Crippen LogP contribution in [0.5, 0.6) is 0 Å². The average molecular weight is 549 g/mol. The minimum Gasteiger partial charge on any atom is -0.373 e. The summed E-state index contributed by atoms with van der Waals surface area (Å²) in [5.41, 5.74) is 4.69. The normalized spacial score (nSPS) is 21.3. The number of ketones is 1. The number of carbonyl (C=O) groups excluding carboxylic acids is 1. The van der Waals surface area contributed by atoms with Gasteiger partial charge in [-0.05, 0) is 48.4 Å². The summed E-state index contributed by atoms with van der Waals surface area (Å²) in [5, 5.41) is 0. The molecular weight excluding hydrogens is 508 g/mol. The van der Waals surface area contributed by atoms with Crippen LogP contribution in [0.15, 0.2) is 121 Å². The summed E-state index contributed by atoms with van der Waals surface area (Å²) in [6.45, 7) is 2.73. The van der Waals surface area contributed by atoms with Gasteiger partial charge in [-0.25, -0.2) is 0 Å². The molecule has 0 saturated carbocycles. The molecule has 0 amide bonds. The molecule has 0 spiro atoms. The van der Waals surface area contributed by atoms with E-state index in [4.69, 9.17) is 14.2 Å². The molecule has 41 heavy (non-hydrogen) atoms. The zero-order valence-electron chi connectivity index (χ0n) is 23.8. The van der Waals surface area contributed by atoms with Gasteiger partial charge >= 0.3 is 0 Å². The van der Waals surface area contributed by atoms with Crippen LogP contribution in [0.3, 0.4) is 0 Å². The molecule has 0 aliphatic carbocycles. The van der Waals surface area contributed by atoms with Gasteiger partial charge in [-0.1, -0.05) is 121 Å². The van der Waals surface area contributed by atoms with E-state index in [0.717, 1.165) is 30.4 Å². The lowest BCUT2D eigenvalue weighted by molar-refractivity contribution is -0.178. The first-order valence-electron chi connectivity index (χ1n) is 14.7. The van der Waals surface area contributed by atoms with Crippen LogP contribution < -0.4 is 0 Å². The number of hydrogen-bond acceptors (Lipinski definition) is 4. The molecule has 1 aliphatic rings. The minimum atomic E-state index is -0.575. The van der Waals surface area contributed by atoms with Crippen LogP contribution in [0.2, 0.25) is 0 Å². The Labute approximate surface area is 244 Å². The van der Waals surface area contributed by atoms with Gasteiger partial charge < -0.3 is 14.2 Å². The molecule has 1 fully saturated rings. The van der Waals surface area contributed by atoms with Crippen molar-refractivity contribution in [3.05, 3.63) is 144 Å². The summed E-state index contributed by atoms with van der Waals surface area (Å²) in [6, 6.07) is 41.2. The zero-order valence-corrected chi connectivity index (χ0v) is 23.8. The third-order valence-corrected chi connectivity index (χ3v) is 7.98. The zero-order chi connectivity index (χ0) is 28.3. The van der Waals surface area contributed by atoms with Gasteiger partial charge in [0.1, 0.15) is 12.2 Å². The molecule has 5 atom stereocenters. The van der Waals surface area contributed by atoms with Crippen LogP contribution in [0.25, 0.3) is 0 Å². The van der Waals surface area contributed by atoms with Gasteiger partial charge in [-0.2, -0.15) is 0 Å². The molecule has 4 heteroatoms. The van der Waals surface area contributed by atoms with Crippen LogP contribution >= 0.6 is 0 Å². The first-order chi connectivity index (χ1) is 20.2. The smallest absolute Gasteiger partial charge is 0.189 e. The van der Waals surface area contributed by atoms with Crippen molar-refractivity contribution in [1.82, 2.24) is 0 Å². The molecule has 1 saturated heterocycles. The van der Waals surface area contributed by atoms with E-state index < -0.39 is 12.2 Å². The maximum atomic E-state index is 13.7. The number of benzene rings is 4. The third kappa shape index (κ3) is 8.46. The molecule has 0 bridgehead atoms. The van der Waals surface area contributed by atoms with E-state index in [9.17, 15) is 4.79 Å². The first-order valence-corrected chi connectivity index (χ1v) is 14.7. The van der Waals surface area contributed by atoms with Gasteiger partial charge in [-0.3, -0.25) is 4.79 Å². The van der Waals surface area contributed by atoms with Crippen LogP contribution in [0, 0.1) is 5.92 Å². The van der Waals surface area contributed by atoms with E-state index >= 15 is 0 Å². The molecule has 4 aromatic rings. The van der Waals surface area contributed by atoms with Crippen molar-refractivity contribution >= 4 is 5.78 Å². The molecule has 5 rings (SSSR count). The molecule has 1 heterocycles. The highest BCUT2D eigenvalue weighted by molar-refractivity contribution is 5.87. The van der Waals surface area contributed by atoms with Gasteiger partial charge in [0.05, 0.1) is 25.4 Å². The maximum absolute atomic E-state index is 13.7. The summed E-state index contributed by atoms with van der Waals surface area (Å²) in [5.74, 6) is 0.103. The number of aryl methyl sites for hydroxylation is 1. The number of carbonyl (C=O) groups is 1. The van der Waals surface area contributed by atoms with Crippen molar-refractivity contribution < 1.29 is 19.0 Å². The Morgan fingerprint density at radius 1 is 0.732 bits per heavy atom. The fourth-order valence-corrected chi connectivity index (χ4v) is 5.67. The highest BCUT2D eigenvalue weighted by Crippen LogP contribution is 2.35. The van der Waals surface area contributed by atoms with E-state index in [1.165, 1.54) is 11.1 Å². The molecule has 0 aromatic heterocycles. The average Bonchev–Trinajstić information content (AvgIpc) is 3.04. The molecule has 4 nitrogen and oxygen atoms in total. The monoisotopic (exact) mass is 548 g/mol. The molecular formula is C37H40O4.